The molecule has 0 atom stereocenters. The summed E-state index contributed by atoms with van der Waals surface area (Å²) in [4.78, 5) is 29.1. The Morgan fingerprint density at radius 1 is 1.06 bits per heavy atom. The molecule has 0 saturated heterocycles. The number of halogens is 1. The van der Waals surface area contributed by atoms with Crippen molar-refractivity contribution in [2.24, 2.45) is 0 Å². The maximum absolute atomic E-state index is 13.0. The average molecular weight is 454 g/mol. The van der Waals surface area contributed by atoms with Gasteiger partial charge in [-0.2, -0.15) is 5.10 Å². The topological polar surface area (TPSA) is 117 Å². The Bertz CT molecular complexity index is 1530. The van der Waals surface area contributed by atoms with E-state index in [-0.39, 0.29) is 24.0 Å². The number of aromatic nitrogens is 3. The first-order valence-electron chi connectivity index (χ1n) is 9.18. The molecule has 31 heavy (non-hydrogen) atoms. The van der Waals surface area contributed by atoms with Gasteiger partial charge in [0, 0.05) is 15.8 Å². The number of aliphatic carboxylic acids is 1. The van der Waals surface area contributed by atoms with Crippen LogP contribution in [0.2, 0.25) is 5.02 Å². The van der Waals surface area contributed by atoms with Crippen molar-refractivity contribution in [3.8, 4) is 0 Å². The van der Waals surface area contributed by atoms with Gasteiger partial charge in [-0.05, 0) is 29.7 Å². The molecule has 2 heterocycles. The highest BCUT2D eigenvalue weighted by Crippen LogP contribution is 2.29. The van der Waals surface area contributed by atoms with E-state index in [0.717, 1.165) is 26.0 Å². The lowest BCUT2D eigenvalue weighted by Crippen LogP contribution is -2.26. The number of hydrogen-bond acceptors (Lipinski definition) is 5. The van der Waals surface area contributed by atoms with Gasteiger partial charge in [-0.3, -0.25) is 9.59 Å². The van der Waals surface area contributed by atoms with Crippen LogP contribution in [0.25, 0.3) is 31.8 Å². The summed E-state index contributed by atoms with van der Waals surface area (Å²) in [6.07, 6.45) is -0.304. The van der Waals surface area contributed by atoms with Crippen molar-refractivity contribution in [3.05, 3.63) is 80.7 Å². The zero-order chi connectivity index (χ0) is 20.8. The third kappa shape index (κ3) is 3.76. The molecule has 0 unspecified atom stereocenters. The molecule has 0 amide bonds. The van der Waals surface area contributed by atoms with Crippen LogP contribution in [-0.2, 0) is 17.8 Å². The van der Waals surface area contributed by atoms with Crippen LogP contribution in [0.1, 0.15) is 10.7 Å². The number of thiazole rings is 1. The standard InChI is InChI=1S/C22H14ClN3O3S.H2O/c23-13-6-7-15-16(9-13)17(10-20(27)28)25-26(22(15)29)11-19-24-21-14-4-2-1-3-12(14)5-8-18(21)30-19;/h1-9H,10-11H2,(H,27,28);1H2. The smallest absolute Gasteiger partial charge is 0.309 e. The van der Waals surface area contributed by atoms with Gasteiger partial charge in [-0.15, -0.1) is 11.3 Å². The van der Waals surface area contributed by atoms with E-state index in [4.69, 9.17) is 16.6 Å². The number of rotatable bonds is 4. The zero-order valence-electron chi connectivity index (χ0n) is 16.0. The number of carboxylic acids is 1. The fraction of sp³-hybridized carbons (Fsp3) is 0.0909. The number of fused-ring (bicyclic) bond motifs is 4. The Labute approximate surface area is 184 Å². The molecule has 0 aliphatic rings. The first kappa shape index (κ1) is 20.9. The van der Waals surface area contributed by atoms with E-state index >= 15 is 0 Å². The molecule has 3 N–H and O–H groups in total. The van der Waals surface area contributed by atoms with Gasteiger partial charge in [-0.25, -0.2) is 9.67 Å². The maximum atomic E-state index is 13.0. The van der Waals surface area contributed by atoms with Crippen LogP contribution in [0.4, 0.5) is 0 Å². The molecule has 3 aromatic carbocycles. The fourth-order valence-electron chi connectivity index (χ4n) is 3.61. The Kier molecular flexibility index (Phi) is 5.45. The molecule has 0 saturated carbocycles. The fourth-order valence-corrected chi connectivity index (χ4v) is 4.75. The van der Waals surface area contributed by atoms with Crippen molar-refractivity contribution in [1.82, 2.24) is 14.8 Å². The highest BCUT2D eigenvalue weighted by Gasteiger charge is 2.16. The third-order valence-electron chi connectivity index (χ3n) is 4.93. The highest BCUT2D eigenvalue weighted by molar-refractivity contribution is 7.18. The molecule has 5 rings (SSSR count). The van der Waals surface area contributed by atoms with Crippen LogP contribution in [0.15, 0.2) is 59.4 Å². The van der Waals surface area contributed by atoms with Crippen LogP contribution in [0, 0.1) is 0 Å². The molecule has 0 radical (unpaired) electrons. The molecule has 0 aliphatic carbocycles. The number of benzene rings is 3. The Morgan fingerprint density at radius 3 is 2.68 bits per heavy atom. The molecule has 0 aliphatic heterocycles. The summed E-state index contributed by atoms with van der Waals surface area (Å²) in [7, 11) is 0. The van der Waals surface area contributed by atoms with E-state index in [0.29, 0.717) is 21.5 Å². The van der Waals surface area contributed by atoms with Gasteiger partial charge < -0.3 is 10.6 Å². The second-order valence-electron chi connectivity index (χ2n) is 6.91. The molecule has 7 nitrogen and oxygen atoms in total. The molecular formula is C22H16ClN3O4S. The molecule has 2 aromatic heterocycles. The average Bonchev–Trinajstić information content (AvgIpc) is 3.14. The number of carboxylic acid groups (broad SMARTS) is 1. The van der Waals surface area contributed by atoms with Crippen molar-refractivity contribution >= 4 is 60.7 Å². The molecule has 156 valence electrons. The summed E-state index contributed by atoms with van der Waals surface area (Å²) >= 11 is 7.54. The molecule has 5 aromatic rings. The van der Waals surface area contributed by atoms with E-state index in [1.807, 2.05) is 30.3 Å². The van der Waals surface area contributed by atoms with Gasteiger partial charge in [0.15, 0.2) is 0 Å². The molecular weight excluding hydrogens is 438 g/mol. The van der Waals surface area contributed by atoms with Crippen LogP contribution < -0.4 is 5.56 Å². The molecule has 0 spiro atoms. The van der Waals surface area contributed by atoms with E-state index in [1.54, 1.807) is 18.2 Å². The summed E-state index contributed by atoms with van der Waals surface area (Å²) in [6.45, 7) is 0.164. The van der Waals surface area contributed by atoms with Gasteiger partial charge in [0.05, 0.1) is 34.3 Å². The largest absolute Gasteiger partial charge is 0.481 e. The molecule has 0 fully saturated rings. The lowest BCUT2D eigenvalue weighted by molar-refractivity contribution is -0.136. The summed E-state index contributed by atoms with van der Waals surface area (Å²) in [5, 5.41) is 17.8. The van der Waals surface area contributed by atoms with Crippen LogP contribution in [0.5, 0.6) is 0 Å². The molecule has 9 heteroatoms. The van der Waals surface area contributed by atoms with Crippen molar-refractivity contribution in [3.63, 3.8) is 0 Å². The van der Waals surface area contributed by atoms with Gasteiger partial charge in [0.25, 0.3) is 5.56 Å². The van der Waals surface area contributed by atoms with Gasteiger partial charge in [0.2, 0.25) is 0 Å². The lowest BCUT2D eigenvalue weighted by atomic mass is 10.1. The van der Waals surface area contributed by atoms with E-state index < -0.39 is 5.97 Å². The maximum Gasteiger partial charge on any atom is 0.309 e. The Hall–Kier alpha value is -3.33. The zero-order valence-corrected chi connectivity index (χ0v) is 17.6. The summed E-state index contributed by atoms with van der Waals surface area (Å²) in [5.41, 5.74) is 0.880. The first-order chi connectivity index (χ1) is 14.5. The Morgan fingerprint density at radius 2 is 1.87 bits per heavy atom. The van der Waals surface area contributed by atoms with E-state index in [9.17, 15) is 14.7 Å². The molecule has 0 bridgehead atoms. The summed E-state index contributed by atoms with van der Waals surface area (Å²) in [5.74, 6) is -1.03. The van der Waals surface area contributed by atoms with Crippen molar-refractivity contribution < 1.29 is 15.4 Å². The quantitative estimate of drug-likeness (QED) is 0.445. The predicted molar refractivity (Wildman–Crippen MR) is 122 cm³/mol. The lowest BCUT2D eigenvalue weighted by Gasteiger charge is -2.09. The van der Waals surface area contributed by atoms with Gasteiger partial charge >= 0.3 is 5.97 Å². The highest BCUT2D eigenvalue weighted by atomic mass is 35.5. The third-order valence-corrected chi connectivity index (χ3v) is 6.17. The second kappa shape index (κ2) is 8.07. The predicted octanol–water partition coefficient (Wildman–Crippen LogP) is 3.66. The summed E-state index contributed by atoms with van der Waals surface area (Å²) < 4.78 is 2.31. The number of nitrogens with zero attached hydrogens (tertiary/aromatic N) is 3. The number of carbonyl (C=O) groups is 1. The minimum atomic E-state index is -1.03. The van der Waals surface area contributed by atoms with Gasteiger partial charge in [-0.1, -0.05) is 41.9 Å². The van der Waals surface area contributed by atoms with Crippen molar-refractivity contribution in [1.29, 1.82) is 0 Å². The Balaban J connectivity index is 0.00000231. The van der Waals surface area contributed by atoms with Gasteiger partial charge in [0.1, 0.15) is 5.01 Å². The van der Waals surface area contributed by atoms with Crippen LogP contribution >= 0.6 is 22.9 Å². The van der Waals surface area contributed by atoms with Crippen molar-refractivity contribution in [2.45, 2.75) is 13.0 Å². The van der Waals surface area contributed by atoms with E-state index in [1.165, 1.54) is 16.0 Å². The minimum Gasteiger partial charge on any atom is -0.481 e. The first-order valence-corrected chi connectivity index (χ1v) is 10.4. The minimum absolute atomic E-state index is 0. The second-order valence-corrected chi connectivity index (χ2v) is 8.46. The monoisotopic (exact) mass is 453 g/mol. The summed E-state index contributed by atoms with van der Waals surface area (Å²) in [6, 6.07) is 16.9. The van der Waals surface area contributed by atoms with Crippen LogP contribution in [-0.4, -0.2) is 31.3 Å². The normalized spacial score (nSPS) is 11.1. The van der Waals surface area contributed by atoms with Crippen LogP contribution in [0.3, 0.4) is 0 Å². The number of hydrogen-bond donors (Lipinski definition) is 1. The SMILES string of the molecule is O.O=C(O)Cc1nn(Cc2nc3c(ccc4ccccc43)s2)c(=O)c2ccc(Cl)cc12. The van der Waals surface area contributed by atoms with Crippen molar-refractivity contribution in [2.75, 3.05) is 0 Å². The van der Waals surface area contributed by atoms with E-state index in [2.05, 4.69) is 11.2 Å².